The minimum atomic E-state index is -0.957. The Kier molecular flexibility index (Phi) is 4.84. The first kappa shape index (κ1) is 17.2. The van der Waals surface area contributed by atoms with Crippen LogP contribution in [0.3, 0.4) is 0 Å². The molecule has 118 valence electrons. The Morgan fingerprint density at radius 3 is 2.43 bits per heavy atom. The topological polar surface area (TPSA) is 99.9 Å². The molecule has 1 amide bonds. The molecule has 3 atom stereocenters. The van der Waals surface area contributed by atoms with Crippen LogP contribution in [0.5, 0.6) is 0 Å². The van der Waals surface area contributed by atoms with Crippen molar-refractivity contribution in [2.45, 2.75) is 51.8 Å². The summed E-state index contributed by atoms with van der Waals surface area (Å²) in [6, 6.07) is 0.0932. The molecule has 1 saturated heterocycles. The van der Waals surface area contributed by atoms with Gasteiger partial charge in [0, 0.05) is 5.41 Å². The van der Waals surface area contributed by atoms with E-state index in [-0.39, 0.29) is 13.0 Å². The Bertz CT molecular complexity index is 465. The van der Waals surface area contributed by atoms with Gasteiger partial charge < -0.3 is 14.6 Å². The van der Waals surface area contributed by atoms with E-state index in [0.29, 0.717) is 0 Å². The molecule has 0 saturated carbocycles. The minimum absolute atomic E-state index is 0.146. The molecule has 1 rings (SSSR count). The number of likely N-dealkylation sites (tertiary alicyclic amines) is 1. The van der Waals surface area contributed by atoms with Gasteiger partial charge in [-0.2, -0.15) is 5.26 Å². The average molecular weight is 298 g/mol. The Morgan fingerprint density at radius 2 is 2.05 bits per heavy atom. The Hall–Kier alpha value is -1.81. The molecule has 1 aliphatic rings. The molecule has 0 aliphatic carbocycles. The number of carbonyl (C=O) groups excluding carboxylic acids is 2. The van der Waals surface area contributed by atoms with E-state index in [9.17, 15) is 20.0 Å². The van der Waals surface area contributed by atoms with Crippen molar-refractivity contribution in [3.05, 3.63) is 0 Å². The molecule has 0 aromatic carbocycles. The molecule has 0 aromatic heterocycles. The number of ether oxygens (including phenoxy) is 2. The summed E-state index contributed by atoms with van der Waals surface area (Å²) < 4.78 is 9.96. The van der Waals surface area contributed by atoms with Gasteiger partial charge in [0.05, 0.1) is 19.8 Å². The van der Waals surface area contributed by atoms with Gasteiger partial charge in [-0.15, -0.1) is 0 Å². The second-order valence-corrected chi connectivity index (χ2v) is 6.47. The summed E-state index contributed by atoms with van der Waals surface area (Å²) in [6.45, 7) is 6.42. The average Bonchev–Trinajstić information content (AvgIpc) is 2.69. The van der Waals surface area contributed by atoms with Gasteiger partial charge >= 0.3 is 12.1 Å². The Balaban J connectivity index is 3.17. The number of esters is 1. The van der Waals surface area contributed by atoms with Crippen LogP contribution in [0.2, 0.25) is 0 Å². The van der Waals surface area contributed by atoms with Crippen molar-refractivity contribution in [1.82, 2.24) is 4.90 Å². The van der Waals surface area contributed by atoms with Gasteiger partial charge in [0.2, 0.25) is 0 Å². The van der Waals surface area contributed by atoms with Crippen LogP contribution in [0, 0.1) is 16.7 Å². The quantitative estimate of drug-likeness (QED) is 0.765. The van der Waals surface area contributed by atoms with E-state index in [2.05, 4.69) is 0 Å². The molecule has 0 radical (unpaired) electrons. The molecule has 0 bridgehead atoms. The number of nitriles is 1. The predicted octanol–water partition coefficient (Wildman–Crippen LogP) is 1.06. The van der Waals surface area contributed by atoms with Gasteiger partial charge in [0.15, 0.2) is 0 Å². The van der Waals surface area contributed by atoms with Crippen molar-refractivity contribution >= 4 is 12.1 Å². The van der Waals surface area contributed by atoms with Gasteiger partial charge in [-0.05, 0) is 27.2 Å². The molecule has 7 nitrogen and oxygen atoms in total. The van der Waals surface area contributed by atoms with E-state index in [1.165, 1.54) is 7.11 Å². The minimum Gasteiger partial charge on any atom is -0.467 e. The van der Waals surface area contributed by atoms with Crippen LogP contribution in [0.15, 0.2) is 0 Å². The van der Waals surface area contributed by atoms with Crippen LogP contribution >= 0.6 is 0 Å². The lowest BCUT2D eigenvalue weighted by Gasteiger charge is -2.31. The second kappa shape index (κ2) is 5.90. The Labute approximate surface area is 124 Å². The number of carbonyl (C=O) groups is 2. The van der Waals surface area contributed by atoms with Crippen LogP contribution in [0.25, 0.3) is 0 Å². The summed E-state index contributed by atoms with van der Waals surface area (Å²) in [4.78, 5) is 25.3. The monoisotopic (exact) mass is 298 g/mol. The third-order valence-corrected chi connectivity index (χ3v) is 3.49. The van der Waals surface area contributed by atoms with E-state index in [1.807, 2.05) is 6.07 Å². The molecule has 1 heterocycles. The highest BCUT2D eigenvalue weighted by Gasteiger charge is 2.55. The first-order valence-electron chi connectivity index (χ1n) is 6.69. The van der Waals surface area contributed by atoms with Crippen LogP contribution in [0.4, 0.5) is 4.79 Å². The molecule has 21 heavy (non-hydrogen) atoms. The van der Waals surface area contributed by atoms with Crippen molar-refractivity contribution in [2.75, 3.05) is 13.7 Å². The third-order valence-electron chi connectivity index (χ3n) is 3.49. The Morgan fingerprint density at radius 1 is 1.48 bits per heavy atom. The van der Waals surface area contributed by atoms with Gasteiger partial charge in [-0.3, -0.25) is 4.90 Å². The van der Waals surface area contributed by atoms with E-state index >= 15 is 0 Å². The second-order valence-electron chi connectivity index (χ2n) is 6.47. The molecule has 1 aliphatic heterocycles. The van der Waals surface area contributed by atoms with E-state index in [4.69, 9.17) is 9.47 Å². The maximum Gasteiger partial charge on any atom is 0.412 e. The third kappa shape index (κ3) is 3.45. The van der Waals surface area contributed by atoms with Gasteiger partial charge in [0.25, 0.3) is 0 Å². The SMILES string of the molecule is COC(=O)[C@@H]1C[C@@](C)(CO)C(C#N)N1C(=O)OC(C)(C)C. The van der Waals surface area contributed by atoms with Gasteiger partial charge in [-0.1, -0.05) is 6.92 Å². The van der Waals surface area contributed by atoms with Crippen LogP contribution in [-0.2, 0) is 14.3 Å². The lowest BCUT2D eigenvalue weighted by atomic mass is 9.83. The van der Waals surface area contributed by atoms with Crippen molar-refractivity contribution in [2.24, 2.45) is 5.41 Å². The number of aliphatic hydroxyl groups excluding tert-OH is 1. The first-order chi connectivity index (χ1) is 9.59. The van der Waals surface area contributed by atoms with Crippen molar-refractivity contribution in [3.63, 3.8) is 0 Å². The molecule has 0 aromatic rings. The van der Waals surface area contributed by atoms with E-state index < -0.39 is 35.2 Å². The van der Waals surface area contributed by atoms with Crippen molar-refractivity contribution < 1.29 is 24.2 Å². The first-order valence-corrected chi connectivity index (χ1v) is 6.69. The molecular weight excluding hydrogens is 276 g/mol. The smallest absolute Gasteiger partial charge is 0.412 e. The summed E-state index contributed by atoms with van der Waals surface area (Å²) in [5.41, 5.74) is -1.65. The highest BCUT2D eigenvalue weighted by molar-refractivity contribution is 5.83. The number of aliphatic hydroxyl groups is 1. The highest BCUT2D eigenvalue weighted by Crippen LogP contribution is 2.41. The van der Waals surface area contributed by atoms with Crippen LogP contribution in [0.1, 0.15) is 34.1 Å². The fraction of sp³-hybridized carbons (Fsp3) is 0.786. The number of hydrogen-bond acceptors (Lipinski definition) is 6. The predicted molar refractivity (Wildman–Crippen MR) is 73.1 cm³/mol. The van der Waals surface area contributed by atoms with Gasteiger partial charge in [-0.25, -0.2) is 9.59 Å². The molecule has 0 spiro atoms. The molecule has 1 unspecified atom stereocenters. The number of hydrogen-bond donors (Lipinski definition) is 1. The van der Waals surface area contributed by atoms with Crippen LogP contribution in [-0.4, -0.2) is 53.5 Å². The summed E-state index contributed by atoms with van der Waals surface area (Å²) in [5.74, 6) is -0.627. The summed E-state index contributed by atoms with van der Waals surface area (Å²) >= 11 is 0. The lowest BCUT2D eigenvalue weighted by Crippen LogP contribution is -2.49. The van der Waals surface area contributed by atoms with Crippen molar-refractivity contribution in [1.29, 1.82) is 5.26 Å². The fourth-order valence-electron chi connectivity index (χ4n) is 2.42. The normalized spacial score (nSPS) is 28.9. The zero-order valence-electron chi connectivity index (χ0n) is 13.0. The largest absolute Gasteiger partial charge is 0.467 e. The van der Waals surface area contributed by atoms with E-state index in [1.54, 1.807) is 27.7 Å². The molecule has 1 N–H and O–H groups in total. The summed E-state index contributed by atoms with van der Waals surface area (Å²) in [6.07, 6.45) is -0.616. The van der Waals surface area contributed by atoms with E-state index in [0.717, 1.165) is 4.90 Å². The number of amides is 1. The zero-order chi connectivity index (χ0) is 16.4. The van der Waals surface area contributed by atoms with Gasteiger partial charge in [0.1, 0.15) is 17.7 Å². The fourth-order valence-corrected chi connectivity index (χ4v) is 2.42. The number of rotatable bonds is 2. The summed E-state index contributed by atoms with van der Waals surface area (Å²) in [7, 11) is 1.21. The molecule has 1 fully saturated rings. The molecular formula is C14H22N2O5. The lowest BCUT2D eigenvalue weighted by molar-refractivity contribution is -0.146. The standard InChI is InChI=1S/C14H22N2O5/c1-13(2,3)21-12(19)16-9(11(18)20-5)6-14(4,8-17)10(16)7-15/h9-10,17H,6,8H2,1-5H3/t9-,10?,14-/m0/s1. The maximum atomic E-state index is 12.3. The van der Waals surface area contributed by atoms with Crippen molar-refractivity contribution in [3.8, 4) is 6.07 Å². The zero-order valence-corrected chi connectivity index (χ0v) is 13.0. The number of methoxy groups -OCH3 is 1. The summed E-state index contributed by atoms with van der Waals surface area (Å²) in [5, 5.41) is 18.9. The molecule has 7 heteroatoms. The van der Waals surface area contributed by atoms with Crippen LogP contribution < -0.4 is 0 Å². The maximum absolute atomic E-state index is 12.3. The highest BCUT2D eigenvalue weighted by atomic mass is 16.6. The number of nitrogens with zero attached hydrogens (tertiary/aromatic N) is 2.